The van der Waals surface area contributed by atoms with E-state index < -0.39 is 13.1 Å². The first-order chi connectivity index (χ1) is 7.63. The van der Waals surface area contributed by atoms with E-state index in [2.05, 4.69) is 9.73 Å². The van der Waals surface area contributed by atoms with Crippen LogP contribution >= 0.6 is 0 Å². The predicted octanol–water partition coefficient (Wildman–Crippen LogP) is -0.589. The van der Waals surface area contributed by atoms with Gasteiger partial charge in [0.1, 0.15) is 0 Å². The minimum absolute atomic E-state index is 0.228. The van der Waals surface area contributed by atoms with Crippen LogP contribution in [0.4, 0.5) is 5.69 Å². The Labute approximate surface area is 92.5 Å². The Morgan fingerprint density at radius 2 is 2.25 bits per heavy atom. The highest BCUT2D eigenvalue weighted by Crippen LogP contribution is 2.23. The smallest absolute Gasteiger partial charge is 0.465 e. The van der Waals surface area contributed by atoms with Crippen molar-refractivity contribution in [1.82, 2.24) is 0 Å². The number of carbonyl (C=O) groups is 1. The van der Waals surface area contributed by atoms with Crippen LogP contribution in [0.25, 0.3) is 0 Å². The summed E-state index contributed by atoms with van der Waals surface area (Å²) in [6.07, 6.45) is 2.25. The van der Waals surface area contributed by atoms with E-state index in [0.29, 0.717) is 17.7 Å². The minimum Gasteiger partial charge on any atom is -0.465 e. The van der Waals surface area contributed by atoms with Crippen molar-refractivity contribution in [3.8, 4) is 0 Å². The van der Waals surface area contributed by atoms with Crippen molar-refractivity contribution in [2.45, 2.75) is 6.42 Å². The summed E-state index contributed by atoms with van der Waals surface area (Å²) in [6, 6.07) is 3.04. The highest BCUT2D eigenvalue weighted by molar-refractivity contribution is 6.60. The van der Waals surface area contributed by atoms with Crippen LogP contribution < -0.4 is 5.46 Å². The maximum Gasteiger partial charge on any atom is 0.490 e. The lowest BCUT2D eigenvalue weighted by Crippen LogP contribution is -2.31. The standard InChI is InChI=1S/C10H10BNO4/c1-16-10(13)7-4-6-2-3-12-9(6)8(5-7)11(14)15/h3-5,14-15H,2H2,1H3. The van der Waals surface area contributed by atoms with E-state index in [1.165, 1.54) is 13.2 Å². The third kappa shape index (κ3) is 1.73. The Bertz CT molecular complexity index is 470. The number of methoxy groups -OCH3 is 1. The Morgan fingerprint density at radius 3 is 2.88 bits per heavy atom. The number of rotatable bonds is 2. The van der Waals surface area contributed by atoms with E-state index in [9.17, 15) is 14.8 Å². The number of nitrogens with zero attached hydrogens (tertiary/aromatic N) is 1. The zero-order valence-electron chi connectivity index (χ0n) is 8.67. The molecular formula is C10H10BNO4. The van der Waals surface area contributed by atoms with Crippen molar-refractivity contribution in [2.24, 2.45) is 4.99 Å². The molecule has 0 bridgehead atoms. The SMILES string of the molecule is COC(=O)c1cc2c(c(B(O)O)c1)N=CC2. The Kier molecular flexibility index (Phi) is 2.76. The van der Waals surface area contributed by atoms with Gasteiger partial charge in [-0.2, -0.15) is 0 Å². The first kappa shape index (κ1) is 10.8. The van der Waals surface area contributed by atoms with Gasteiger partial charge in [-0.3, -0.25) is 4.99 Å². The molecule has 6 heteroatoms. The van der Waals surface area contributed by atoms with Gasteiger partial charge in [0, 0.05) is 18.1 Å². The summed E-state index contributed by atoms with van der Waals surface area (Å²) >= 11 is 0. The van der Waals surface area contributed by atoms with E-state index in [-0.39, 0.29) is 5.46 Å². The summed E-state index contributed by atoms with van der Waals surface area (Å²) in [7, 11) is -0.366. The number of carbonyl (C=O) groups excluding carboxylic acids is 1. The van der Waals surface area contributed by atoms with Crippen molar-refractivity contribution in [3.63, 3.8) is 0 Å². The molecule has 16 heavy (non-hydrogen) atoms. The number of fused-ring (bicyclic) bond motifs is 1. The van der Waals surface area contributed by atoms with Gasteiger partial charge in [0.25, 0.3) is 0 Å². The minimum atomic E-state index is -1.64. The van der Waals surface area contributed by atoms with Crippen LogP contribution in [0.15, 0.2) is 17.1 Å². The lowest BCUT2D eigenvalue weighted by molar-refractivity contribution is 0.0601. The molecule has 82 valence electrons. The quantitative estimate of drug-likeness (QED) is 0.514. The number of benzene rings is 1. The zero-order chi connectivity index (χ0) is 11.7. The van der Waals surface area contributed by atoms with E-state index in [4.69, 9.17) is 0 Å². The number of hydrogen-bond donors (Lipinski definition) is 2. The lowest BCUT2D eigenvalue weighted by atomic mass is 9.77. The monoisotopic (exact) mass is 219 g/mol. The van der Waals surface area contributed by atoms with Gasteiger partial charge < -0.3 is 14.8 Å². The molecule has 5 nitrogen and oxygen atoms in total. The third-order valence-corrected chi connectivity index (χ3v) is 2.45. The second-order valence-electron chi connectivity index (χ2n) is 3.45. The molecule has 2 rings (SSSR count). The maximum absolute atomic E-state index is 11.4. The molecule has 1 aromatic carbocycles. The Balaban J connectivity index is 2.54. The van der Waals surface area contributed by atoms with Crippen LogP contribution in [0.2, 0.25) is 0 Å². The van der Waals surface area contributed by atoms with E-state index >= 15 is 0 Å². The molecule has 0 amide bonds. The molecule has 2 N–H and O–H groups in total. The summed E-state index contributed by atoms with van der Waals surface area (Å²) in [4.78, 5) is 15.4. The van der Waals surface area contributed by atoms with Gasteiger partial charge >= 0.3 is 13.1 Å². The van der Waals surface area contributed by atoms with Crippen LogP contribution in [0.3, 0.4) is 0 Å². The average molecular weight is 219 g/mol. The van der Waals surface area contributed by atoms with E-state index in [1.54, 1.807) is 12.3 Å². The summed E-state index contributed by atoms with van der Waals surface area (Å²) in [6.45, 7) is 0. The lowest BCUT2D eigenvalue weighted by Gasteiger charge is -2.08. The van der Waals surface area contributed by atoms with E-state index in [0.717, 1.165) is 5.56 Å². The molecule has 1 aliphatic rings. The van der Waals surface area contributed by atoms with Gasteiger partial charge in [-0.1, -0.05) is 0 Å². The highest BCUT2D eigenvalue weighted by atomic mass is 16.5. The van der Waals surface area contributed by atoms with Crippen LogP contribution in [0.1, 0.15) is 15.9 Å². The third-order valence-electron chi connectivity index (χ3n) is 2.45. The molecule has 1 aromatic rings. The summed E-state index contributed by atoms with van der Waals surface area (Å²) < 4.78 is 4.59. The van der Waals surface area contributed by atoms with Gasteiger partial charge in [0.05, 0.1) is 18.4 Å². The van der Waals surface area contributed by atoms with Gasteiger partial charge in [-0.05, 0) is 17.7 Å². The molecule has 0 spiro atoms. The molecule has 0 atom stereocenters. The van der Waals surface area contributed by atoms with Crippen LogP contribution in [-0.4, -0.2) is 36.5 Å². The summed E-state index contributed by atoms with van der Waals surface area (Å²) in [5.74, 6) is -0.503. The van der Waals surface area contributed by atoms with Crippen molar-refractivity contribution >= 4 is 30.5 Å². The highest BCUT2D eigenvalue weighted by Gasteiger charge is 2.23. The van der Waals surface area contributed by atoms with Crippen molar-refractivity contribution in [3.05, 3.63) is 23.3 Å². The fourth-order valence-corrected chi connectivity index (χ4v) is 1.70. The van der Waals surface area contributed by atoms with Crippen LogP contribution in [0, 0.1) is 0 Å². The Hall–Kier alpha value is -1.66. The Morgan fingerprint density at radius 1 is 1.50 bits per heavy atom. The number of hydrogen-bond acceptors (Lipinski definition) is 5. The molecule has 0 saturated heterocycles. The normalized spacial score (nSPS) is 12.4. The molecule has 0 unspecified atom stereocenters. The molecule has 0 radical (unpaired) electrons. The second-order valence-corrected chi connectivity index (χ2v) is 3.45. The molecule has 0 saturated carbocycles. The van der Waals surface area contributed by atoms with Gasteiger partial charge in [0.15, 0.2) is 0 Å². The summed E-state index contributed by atoms with van der Waals surface area (Å²) in [5, 5.41) is 18.4. The molecule has 0 aliphatic carbocycles. The summed E-state index contributed by atoms with van der Waals surface area (Å²) in [5.41, 5.74) is 1.86. The first-order valence-electron chi connectivity index (χ1n) is 4.77. The maximum atomic E-state index is 11.4. The molecule has 1 heterocycles. The first-order valence-corrected chi connectivity index (χ1v) is 4.77. The topological polar surface area (TPSA) is 79.1 Å². The molecule has 1 aliphatic heterocycles. The van der Waals surface area contributed by atoms with Gasteiger partial charge in [-0.15, -0.1) is 0 Å². The van der Waals surface area contributed by atoms with Crippen molar-refractivity contribution in [1.29, 1.82) is 0 Å². The predicted molar refractivity (Wildman–Crippen MR) is 59.5 cm³/mol. The molecule has 0 fully saturated rings. The van der Waals surface area contributed by atoms with Crippen LogP contribution in [-0.2, 0) is 11.2 Å². The molecular weight excluding hydrogens is 209 g/mol. The average Bonchev–Trinajstić information content (AvgIpc) is 2.74. The largest absolute Gasteiger partial charge is 0.490 e. The number of esters is 1. The fourth-order valence-electron chi connectivity index (χ4n) is 1.70. The number of ether oxygens (including phenoxy) is 1. The van der Waals surface area contributed by atoms with Gasteiger partial charge in [0.2, 0.25) is 0 Å². The van der Waals surface area contributed by atoms with Crippen molar-refractivity contribution in [2.75, 3.05) is 7.11 Å². The van der Waals surface area contributed by atoms with Crippen molar-refractivity contribution < 1.29 is 19.6 Å². The molecule has 0 aromatic heterocycles. The second kappa shape index (κ2) is 4.07. The van der Waals surface area contributed by atoms with E-state index in [1.807, 2.05) is 0 Å². The number of aliphatic imine (C=N–C) groups is 1. The van der Waals surface area contributed by atoms with Gasteiger partial charge in [-0.25, -0.2) is 4.79 Å². The fraction of sp³-hybridized carbons (Fsp3) is 0.200. The van der Waals surface area contributed by atoms with Crippen LogP contribution in [0.5, 0.6) is 0 Å². The zero-order valence-corrected chi connectivity index (χ0v) is 8.67.